The number of nitrogens with one attached hydrogen (secondary N) is 2. The van der Waals surface area contributed by atoms with Crippen LogP contribution in [0.15, 0.2) is 36.5 Å². The van der Waals surface area contributed by atoms with Gasteiger partial charge in [0.05, 0.1) is 24.4 Å². The second-order valence-electron chi connectivity index (χ2n) is 6.79. The number of carbonyl (C=O) groups is 1. The molecule has 0 unspecified atom stereocenters. The monoisotopic (exact) mass is 326 g/mol. The number of benzene rings is 1. The summed E-state index contributed by atoms with van der Waals surface area (Å²) in [6.45, 7) is 2.13. The first-order chi connectivity index (χ1) is 11.6. The number of aliphatic hydroxyl groups excluding tert-OH is 1. The van der Waals surface area contributed by atoms with Crippen LogP contribution in [-0.2, 0) is 6.42 Å². The number of rotatable bonds is 4. The van der Waals surface area contributed by atoms with Crippen molar-refractivity contribution < 1.29 is 9.90 Å². The highest BCUT2D eigenvalue weighted by molar-refractivity contribution is 5.88. The van der Waals surface area contributed by atoms with Crippen molar-refractivity contribution in [1.82, 2.24) is 15.1 Å². The lowest BCUT2D eigenvalue weighted by molar-refractivity contribution is 0.144. The normalized spacial score (nSPS) is 23.6. The molecule has 24 heavy (non-hydrogen) atoms. The van der Waals surface area contributed by atoms with E-state index >= 15 is 0 Å². The molecule has 2 amide bonds. The van der Waals surface area contributed by atoms with Crippen molar-refractivity contribution in [2.45, 2.75) is 44.4 Å². The Bertz CT molecular complexity index is 753. The third-order valence-corrected chi connectivity index (χ3v) is 5.09. The predicted octanol–water partition coefficient (Wildman–Crippen LogP) is 2.63. The van der Waals surface area contributed by atoms with Gasteiger partial charge in [-0.05, 0) is 36.8 Å². The predicted molar refractivity (Wildman–Crippen MR) is 90.7 cm³/mol. The van der Waals surface area contributed by atoms with E-state index in [1.807, 2.05) is 28.9 Å². The largest absolute Gasteiger partial charge is 0.390 e. The molecular weight excluding hydrogens is 304 g/mol. The number of hydrogen-bond donors (Lipinski definition) is 3. The first-order valence-corrected chi connectivity index (χ1v) is 8.50. The van der Waals surface area contributed by atoms with Gasteiger partial charge in [0.15, 0.2) is 0 Å². The quantitative estimate of drug-likeness (QED) is 0.808. The van der Waals surface area contributed by atoms with Crippen LogP contribution < -0.4 is 10.6 Å². The van der Waals surface area contributed by atoms with Crippen molar-refractivity contribution in [3.8, 4) is 0 Å². The van der Waals surface area contributed by atoms with Gasteiger partial charge in [-0.2, -0.15) is 5.10 Å². The summed E-state index contributed by atoms with van der Waals surface area (Å²) in [7, 11) is 0. The molecule has 2 aliphatic rings. The lowest BCUT2D eigenvalue weighted by Crippen LogP contribution is -2.37. The summed E-state index contributed by atoms with van der Waals surface area (Å²) in [5.74, 6) is 1.34. The summed E-state index contributed by atoms with van der Waals surface area (Å²) >= 11 is 0. The zero-order chi connectivity index (χ0) is 16.7. The van der Waals surface area contributed by atoms with E-state index in [1.54, 1.807) is 12.3 Å². The third kappa shape index (κ3) is 2.78. The molecule has 4 rings (SSSR count). The summed E-state index contributed by atoms with van der Waals surface area (Å²) in [5.41, 5.74) is 2.07. The summed E-state index contributed by atoms with van der Waals surface area (Å²) < 4.78 is 1.87. The molecule has 3 atom stereocenters. The number of anilines is 1. The topological polar surface area (TPSA) is 79.2 Å². The van der Waals surface area contributed by atoms with Crippen LogP contribution in [0.5, 0.6) is 0 Å². The van der Waals surface area contributed by atoms with Crippen LogP contribution in [0.4, 0.5) is 10.6 Å². The molecule has 0 aliphatic heterocycles. The second kappa shape index (κ2) is 5.94. The maximum atomic E-state index is 12.4. The molecule has 6 nitrogen and oxygen atoms in total. The van der Waals surface area contributed by atoms with Gasteiger partial charge < -0.3 is 10.4 Å². The average Bonchev–Trinajstić information content (AvgIpc) is 3.25. The lowest BCUT2D eigenvalue weighted by atomic mass is 10.1. The van der Waals surface area contributed by atoms with E-state index in [1.165, 1.54) is 12.8 Å². The van der Waals surface area contributed by atoms with Crippen molar-refractivity contribution in [1.29, 1.82) is 0 Å². The Morgan fingerprint density at radius 2 is 2.12 bits per heavy atom. The van der Waals surface area contributed by atoms with Gasteiger partial charge in [0.2, 0.25) is 0 Å². The first kappa shape index (κ1) is 15.2. The molecule has 126 valence electrons. The standard InChI is InChI=1S/C18H22N4O2/c1-11(12-6-7-12)22-16(8-9-19-22)20-18(24)21-17-14-5-3-2-4-13(14)10-15(17)23/h2-5,8-9,11-12,15,17,23H,6-7,10H2,1H3,(H2,20,21,24)/t11-,15-,17+/m1/s1. The Labute approximate surface area is 140 Å². The van der Waals surface area contributed by atoms with Crippen molar-refractivity contribution in [3.05, 3.63) is 47.7 Å². The smallest absolute Gasteiger partial charge is 0.320 e. The van der Waals surface area contributed by atoms with E-state index in [9.17, 15) is 9.90 Å². The van der Waals surface area contributed by atoms with Crippen molar-refractivity contribution >= 4 is 11.8 Å². The Kier molecular flexibility index (Phi) is 3.76. The zero-order valence-corrected chi connectivity index (χ0v) is 13.6. The minimum atomic E-state index is -0.594. The highest BCUT2D eigenvalue weighted by Crippen LogP contribution is 2.40. The van der Waals surface area contributed by atoms with Crippen LogP contribution in [-0.4, -0.2) is 27.0 Å². The van der Waals surface area contributed by atoms with Crippen molar-refractivity contribution in [3.63, 3.8) is 0 Å². The molecule has 3 N–H and O–H groups in total. The fourth-order valence-corrected chi connectivity index (χ4v) is 3.56. The molecule has 1 heterocycles. The van der Waals surface area contributed by atoms with Crippen LogP contribution in [0.3, 0.4) is 0 Å². The van der Waals surface area contributed by atoms with Crippen molar-refractivity contribution in [2.24, 2.45) is 5.92 Å². The number of carbonyl (C=O) groups excluding carboxylic acids is 1. The van der Waals surface area contributed by atoms with Gasteiger partial charge in [-0.15, -0.1) is 0 Å². The maximum absolute atomic E-state index is 12.4. The highest BCUT2D eigenvalue weighted by Gasteiger charge is 2.33. The molecule has 0 spiro atoms. The number of amides is 2. The van der Waals surface area contributed by atoms with Crippen molar-refractivity contribution in [2.75, 3.05) is 5.32 Å². The Hall–Kier alpha value is -2.34. The third-order valence-electron chi connectivity index (χ3n) is 5.09. The molecule has 1 aromatic carbocycles. The Morgan fingerprint density at radius 3 is 2.92 bits per heavy atom. The SMILES string of the molecule is C[C@H](C1CC1)n1nccc1NC(=O)N[C@H]1c2ccccc2C[C@H]1O. The van der Waals surface area contributed by atoms with Gasteiger partial charge in [0.25, 0.3) is 0 Å². The molecule has 1 aromatic heterocycles. The molecule has 1 saturated carbocycles. The second-order valence-corrected chi connectivity index (χ2v) is 6.79. The summed E-state index contributed by atoms with van der Waals surface area (Å²) in [4.78, 5) is 12.4. The van der Waals surface area contributed by atoms with E-state index in [-0.39, 0.29) is 18.1 Å². The van der Waals surface area contributed by atoms with E-state index in [0.717, 1.165) is 11.1 Å². The number of aliphatic hydroxyl groups is 1. The van der Waals surface area contributed by atoms with E-state index in [0.29, 0.717) is 18.2 Å². The average molecular weight is 326 g/mol. The molecule has 2 aromatic rings. The molecular formula is C18H22N4O2. The molecule has 0 saturated heterocycles. The number of hydrogen-bond acceptors (Lipinski definition) is 3. The van der Waals surface area contributed by atoms with E-state index in [4.69, 9.17) is 0 Å². The number of nitrogens with zero attached hydrogens (tertiary/aromatic N) is 2. The van der Waals surface area contributed by atoms with Crippen LogP contribution in [0, 0.1) is 5.92 Å². The molecule has 6 heteroatoms. The van der Waals surface area contributed by atoms with Gasteiger partial charge in [-0.3, -0.25) is 5.32 Å². The van der Waals surface area contributed by atoms with E-state index < -0.39 is 6.10 Å². The Balaban J connectivity index is 1.45. The zero-order valence-electron chi connectivity index (χ0n) is 13.6. The van der Waals surface area contributed by atoms with Crippen LogP contribution in [0.1, 0.15) is 43.0 Å². The lowest BCUT2D eigenvalue weighted by Gasteiger charge is -2.20. The summed E-state index contributed by atoms with van der Waals surface area (Å²) in [6.07, 6.45) is 4.12. The number of aromatic nitrogens is 2. The molecule has 1 fully saturated rings. The number of urea groups is 1. The molecule has 2 aliphatic carbocycles. The Morgan fingerprint density at radius 1 is 1.33 bits per heavy atom. The minimum absolute atomic E-state index is 0.285. The van der Waals surface area contributed by atoms with Gasteiger partial charge in [-0.1, -0.05) is 24.3 Å². The fraction of sp³-hybridized carbons (Fsp3) is 0.444. The van der Waals surface area contributed by atoms with Gasteiger partial charge in [0.1, 0.15) is 5.82 Å². The van der Waals surface area contributed by atoms with Gasteiger partial charge in [0, 0.05) is 12.5 Å². The summed E-state index contributed by atoms with van der Waals surface area (Å²) in [6, 6.07) is 9.21. The van der Waals surface area contributed by atoms with Crippen LogP contribution in [0.25, 0.3) is 0 Å². The number of fused-ring (bicyclic) bond motifs is 1. The highest BCUT2D eigenvalue weighted by atomic mass is 16.3. The first-order valence-electron chi connectivity index (χ1n) is 8.50. The van der Waals surface area contributed by atoms with Crippen LogP contribution in [0.2, 0.25) is 0 Å². The molecule has 0 bridgehead atoms. The minimum Gasteiger partial charge on any atom is -0.390 e. The van der Waals surface area contributed by atoms with Crippen LogP contribution >= 0.6 is 0 Å². The van der Waals surface area contributed by atoms with Gasteiger partial charge in [-0.25, -0.2) is 9.48 Å². The maximum Gasteiger partial charge on any atom is 0.320 e. The molecule has 0 radical (unpaired) electrons. The van der Waals surface area contributed by atoms with E-state index in [2.05, 4.69) is 22.7 Å². The van der Waals surface area contributed by atoms with Gasteiger partial charge >= 0.3 is 6.03 Å². The summed E-state index contributed by atoms with van der Waals surface area (Å²) in [5, 5.41) is 20.4. The fourth-order valence-electron chi connectivity index (χ4n) is 3.56.